The summed E-state index contributed by atoms with van der Waals surface area (Å²) in [4.78, 5) is 15.9. The van der Waals surface area contributed by atoms with E-state index in [-0.39, 0.29) is 0 Å². The summed E-state index contributed by atoms with van der Waals surface area (Å²) in [6.45, 7) is 6.55. The summed E-state index contributed by atoms with van der Waals surface area (Å²) in [5.74, 6) is 2.64. The third-order valence-corrected chi connectivity index (χ3v) is 4.10. The molecule has 3 heterocycles. The molecule has 0 spiro atoms. The molecule has 1 aliphatic heterocycles. The topological polar surface area (TPSA) is 41.9 Å². The summed E-state index contributed by atoms with van der Waals surface area (Å²) in [5, 5.41) is 0. The molecule has 0 N–H and O–H groups in total. The van der Waals surface area contributed by atoms with Crippen molar-refractivity contribution in [3.63, 3.8) is 0 Å². The van der Waals surface area contributed by atoms with Crippen LogP contribution in [0.25, 0.3) is 11.4 Å². The molecule has 0 saturated carbocycles. The Morgan fingerprint density at radius 3 is 2.90 bits per heavy atom. The Bertz CT molecular complexity index is 597. The summed E-state index contributed by atoms with van der Waals surface area (Å²) >= 11 is 0. The fourth-order valence-corrected chi connectivity index (χ4v) is 2.83. The highest BCUT2D eigenvalue weighted by Gasteiger charge is 2.16. The van der Waals surface area contributed by atoms with Crippen LogP contribution in [0.3, 0.4) is 0 Å². The van der Waals surface area contributed by atoms with Gasteiger partial charge in [0.25, 0.3) is 0 Å². The summed E-state index contributed by atoms with van der Waals surface area (Å²) in [6, 6.07) is 6.03. The number of pyridine rings is 1. The fourth-order valence-electron chi connectivity index (χ4n) is 2.83. The van der Waals surface area contributed by atoms with Gasteiger partial charge in [0.2, 0.25) is 0 Å². The lowest BCUT2D eigenvalue weighted by atomic mass is 10.0. The third kappa shape index (κ3) is 3.38. The van der Waals surface area contributed by atoms with Crippen molar-refractivity contribution in [2.75, 3.05) is 18.0 Å². The van der Waals surface area contributed by atoms with E-state index in [0.717, 1.165) is 41.9 Å². The zero-order chi connectivity index (χ0) is 14.7. The first-order valence-corrected chi connectivity index (χ1v) is 7.73. The van der Waals surface area contributed by atoms with Gasteiger partial charge < -0.3 is 4.90 Å². The van der Waals surface area contributed by atoms with E-state index in [9.17, 15) is 0 Å². The first-order chi connectivity index (χ1) is 10.2. The van der Waals surface area contributed by atoms with Crippen LogP contribution in [0.2, 0.25) is 0 Å². The summed E-state index contributed by atoms with van der Waals surface area (Å²) in [7, 11) is 0. The molecule has 21 heavy (non-hydrogen) atoms. The van der Waals surface area contributed by atoms with Crippen LogP contribution in [-0.2, 0) is 0 Å². The van der Waals surface area contributed by atoms with Crippen LogP contribution < -0.4 is 4.90 Å². The molecule has 1 aliphatic rings. The smallest absolute Gasteiger partial charge is 0.163 e. The van der Waals surface area contributed by atoms with E-state index in [4.69, 9.17) is 4.98 Å². The number of aryl methyl sites for hydroxylation is 1. The predicted molar refractivity (Wildman–Crippen MR) is 85.2 cm³/mol. The van der Waals surface area contributed by atoms with Crippen LogP contribution in [0.4, 0.5) is 5.82 Å². The SMILES string of the molecule is Cc1cc(N2CCCC(C)CC2)nc(-c2cccnc2)n1. The molecule has 0 amide bonds. The Balaban J connectivity index is 1.91. The lowest BCUT2D eigenvalue weighted by Crippen LogP contribution is -2.25. The molecule has 1 unspecified atom stereocenters. The average molecular weight is 282 g/mol. The van der Waals surface area contributed by atoms with Gasteiger partial charge in [0.15, 0.2) is 5.82 Å². The Hall–Kier alpha value is -1.97. The number of hydrogen-bond donors (Lipinski definition) is 0. The van der Waals surface area contributed by atoms with Gasteiger partial charge in [0.1, 0.15) is 5.82 Å². The van der Waals surface area contributed by atoms with Crippen molar-refractivity contribution in [3.05, 3.63) is 36.3 Å². The maximum atomic E-state index is 4.77. The number of anilines is 1. The lowest BCUT2D eigenvalue weighted by molar-refractivity contribution is 0.521. The normalized spacial score (nSPS) is 19.3. The van der Waals surface area contributed by atoms with Crippen molar-refractivity contribution >= 4 is 5.82 Å². The van der Waals surface area contributed by atoms with E-state index in [2.05, 4.69) is 27.9 Å². The van der Waals surface area contributed by atoms with E-state index in [0.29, 0.717) is 0 Å². The van der Waals surface area contributed by atoms with Crippen molar-refractivity contribution < 1.29 is 0 Å². The quantitative estimate of drug-likeness (QED) is 0.845. The van der Waals surface area contributed by atoms with E-state index in [1.54, 1.807) is 6.20 Å². The summed E-state index contributed by atoms with van der Waals surface area (Å²) < 4.78 is 0. The molecule has 110 valence electrons. The average Bonchev–Trinajstić information content (AvgIpc) is 2.72. The fraction of sp³-hybridized carbons (Fsp3) is 0.471. The van der Waals surface area contributed by atoms with Gasteiger partial charge in [-0.25, -0.2) is 9.97 Å². The van der Waals surface area contributed by atoms with Gasteiger partial charge in [-0.2, -0.15) is 0 Å². The Morgan fingerprint density at radius 1 is 1.19 bits per heavy atom. The molecule has 1 atom stereocenters. The molecule has 4 nitrogen and oxygen atoms in total. The number of aromatic nitrogens is 3. The molecule has 0 aliphatic carbocycles. The second-order valence-electron chi connectivity index (χ2n) is 5.96. The van der Waals surface area contributed by atoms with Gasteiger partial charge in [-0.05, 0) is 44.2 Å². The predicted octanol–water partition coefficient (Wildman–Crippen LogP) is 3.47. The van der Waals surface area contributed by atoms with E-state index in [1.165, 1.54) is 19.3 Å². The molecule has 4 heteroatoms. The Morgan fingerprint density at radius 2 is 2.10 bits per heavy atom. The second kappa shape index (κ2) is 6.20. The van der Waals surface area contributed by atoms with Crippen molar-refractivity contribution in [2.45, 2.75) is 33.1 Å². The number of hydrogen-bond acceptors (Lipinski definition) is 4. The van der Waals surface area contributed by atoms with E-state index >= 15 is 0 Å². The van der Waals surface area contributed by atoms with Gasteiger partial charge in [-0.3, -0.25) is 4.98 Å². The largest absolute Gasteiger partial charge is 0.356 e. The minimum absolute atomic E-state index is 0.774. The van der Waals surface area contributed by atoms with Crippen molar-refractivity contribution in [3.8, 4) is 11.4 Å². The van der Waals surface area contributed by atoms with Crippen molar-refractivity contribution in [2.24, 2.45) is 5.92 Å². The second-order valence-corrected chi connectivity index (χ2v) is 5.96. The number of nitrogens with zero attached hydrogens (tertiary/aromatic N) is 4. The molecular weight excluding hydrogens is 260 g/mol. The molecule has 1 fully saturated rings. The molecule has 2 aromatic rings. The zero-order valence-electron chi connectivity index (χ0n) is 12.8. The molecule has 3 rings (SSSR count). The highest BCUT2D eigenvalue weighted by molar-refractivity contribution is 5.56. The minimum Gasteiger partial charge on any atom is -0.356 e. The maximum absolute atomic E-state index is 4.77. The van der Waals surface area contributed by atoms with Crippen molar-refractivity contribution in [1.29, 1.82) is 0 Å². The van der Waals surface area contributed by atoms with Crippen LogP contribution >= 0.6 is 0 Å². The Kier molecular flexibility index (Phi) is 4.13. The van der Waals surface area contributed by atoms with Crippen LogP contribution in [0.5, 0.6) is 0 Å². The van der Waals surface area contributed by atoms with Crippen LogP contribution in [-0.4, -0.2) is 28.0 Å². The molecular formula is C17H22N4. The molecule has 0 aromatic carbocycles. The summed E-state index contributed by atoms with van der Waals surface area (Å²) in [5.41, 5.74) is 1.99. The minimum atomic E-state index is 0.774. The highest BCUT2D eigenvalue weighted by Crippen LogP contribution is 2.23. The zero-order valence-corrected chi connectivity index (χ0v) is 12.8. The summed E-state index contributed by atoms with van der Waals surface area (Å²) in [6.07, 6.45) is 7.40. The molecule has 1 saturated heterocycles. The monoisotopic (exact) mass is 282 g/mol. The lowest BCUT2D eigenvalue weighted by Gasteiger charge is -2.22. The first kappa shape index (κ1) is 14.0. The standard InChI is InChI=1S/C17H22N4/c1-13-5-4-9-21(10-7-13)16-11-14(2)19-17(20-16)15-6-3-8-18-12-15/h3,6,8,11-13H,4-5,7,9-10H2,1-2H3. The van der Waals surface area contributed by atoms with Crippen LogP contribution in [0.1, 0.15) is 31.9 Å². The van der Waals surface area contributed by atoms with Gasteiger partial charge in [-0.1, -0.05) is 6.92 Å². The number of rotatable bonds is 2. The van der Waals surface area contributed by atoms with Crippen molar-refractivity contribution in [1.82, 2.24) is 15.0 Å². The third-order valence-electron chi connectivity index (χ3n) is 4.10. The molecule has 0 radical (unpaired) electrons. The molecule has 2 aromatic heterocycles. The van der Waals surface area contributed by atoms with Gasteiger partial charge in [0, 0.05) is 42.8 Å². The Labute approximate surface area is 126 Å². The van der Waals surface area contributed by atoms with Crippen LogP contribution in [0, 0.1) is 12.8 Å². The van der Waals surface area contributed by atoms with Gasteiger partial charge >= 0.3 is 0 Å². The highest BCUT2D eigenvalue weighted by atomic mass is 15.2. The van der Waals surface area contributed by atoms with E-state index in [1.807, 2.05) is 25.3 Å². The van der Waals surface area contributed by atoms with Crippen LogP contribution in [0.15, 0.2) is 30.6 Å². The molecule has 0 bridgehead atoms. The first-order valence-electron chi connectivity index (χ1n) is 7.73. The van der Waals surface area contributed by atoms with Gasteiger partial charge in [-0.15, -0.1) is 0 Å². The van der Waals surface area contributed by atoms with E-state index < -0.39 is 0 Å². The maximum Gasteiger partial charge on any atom is 0.163 e. The van der Waals surface area contributed by atoms with Gasteiger partial charge in [0.05, 0.1) is 0 Å².